The number of rotatable bonds is 3. The predicted molar refractivity (Wildman–Crippen MR) is 73.9 cm³/mol. The number of pyridine rings is 1. The van der Waals surface area contributed by atoms with E-state index in [0.29, 0.717) is 9.50 Å². The second kappa shape index (κ2) is 5.49. The summed E-state index contributed by atoms with van der Waals surface area (Å²) >= 11 is 4.49. The van der Waals surface area contributed by atoms with E-state index in [1.165, 1.54) is 17.8 Å². The minimum Gasteiger partial charge on any atom is -0.258 e. The minimum absolute atomic E-state index is 0.0117. The molecule has 0 N–H and O–H groups in total. The van der Waals surface area contributed by atoms with Gasteiger partial charge < -0.3 is 0 Å². The summed E-state index contributed by atoms with van der Waals surface area (Å²) in [5.74, 6) is 0. The van der Waals surface area contributed by atoms with Crippen LogP contribution in [0.25, 0.3) is 0 Å². The van der Waals surface area contributed by atoms with Crippen molar-refractivity contribution in [2.24, 2.45) is 0 Å². The highest BCUT2D eigenvalue weighted by molar-refractivity contribution is 9.10. The molecule has 0 saturated heterocycles. The van der Waals surface area contributed by atoms with E-state index in [4.69, 9.17) is 0 Å². The fraction of sp³-hybridized carbons (Fsp3) is 0.0833. The summed E-state index contributed by atoms with van der Waals surface area (Å²) in [5.41, 5.74) is 1.08. The summed E-state index contributed by atoms with van der Waals surface area (Å²) in [6.45, 7) is 1.97. The Morgan fingerprint density at radius 1 is 1.39 bits per heavy atom. The minimum atomic E-state index is -0.418. The van der Waals surface area contributed by atoms with Crippen molar-refractivity contribution in [2.45, 2.75) is 16.8 Å². The van der Waals surface area contributed by atoms with E-state index in [9.17, 15) is 10.1 Å². The van der Waals surface area contributed by atoms with E-state index in [2.05, 4.69) is 20.9 Å². The monoisotopic (exact) mass is 324 g/mol. The lowest BCUT2D eigenvalue weighted by molar-refractivity contribution is -0.388. The maximum atomic E-state index is 11.0. The van der Waals surface area contributed by atoms with Crippen LogP contribution in [0.15, 0.2) is 50.9 Å². The van der Waals surface area contributed by atoms with Crippen LogP contribution in [0.5, 0.6) is 0 Å². The van der Waals surface area contributed by atoms with Gasteiger partial charge in [-0.3, -0.25) is 10.1 Å². The molecule has 1 heterocycles. The van der Waals surface area contributed by atoms with E-state index >= 15 is 0 Å². The molecule has 0 radical (unpaired) electrons. The van der Waals surface area contributed by atoms with Gasteiger partial charge in [0.25, 0.3) is 0 Å². The van der Waals surface area contributed by atoms with Gasteiger partial charge in [-0.15, -0.1) is 0 Å². The second-order valence-corrected chi connectivity index (χ2v) is 5.55. The zero-order chi connectivity index (χ0) is 13.1. The molecular formula is C12H9BrN2O2S. The van der Waals surface area contributed by atoms with Crippen molar-refractivity contribution >= 4 is 33.4 Å². The molecule has 0 aliphatic rings. The molecule has 0 saturated carbocycles. The molecule has 0 spiro atoms. The SMILES string of the molecule is Cc1ccccc1Sc1ncc(Br)cc1[N+](=O)[O-]. The lowest BCUT2D eigenvalue weighted by Gasteiger charge is -2.05. The highest BCUT2D eigenvalue weighted by Gasteiger charge is 2.17. The third-order valence-electron chi connectivity index (χ3n) is 2.30. The van der Waals surface area contributed by atoms with Crippen LogP contribution in [-0.4, -0.2) is 9.91 Å². The first-order chi connectivity index (χ1) is 8.58. The molecule has 0 fully saturated rings. The summed E-state index contributed by atoms with van der Waals surface area (Å²) in [7, 11) is 0. The van der Waals surface area contributed by atoms with Crippen molar-refractivity contribution in [3.05, 3.63) is 56.7 Å². The first kappa shape index (κ1) is 13.0. The smallest absolute Gasteiger partial charge is 0.258 e. The van der Waals surface area contributed by atoms with Crippen LogP contribution in [0.1, 0.15) is 5.56 Å². The molecule has 92 valence electrons. The Bertz CT molecular complexity index is 604. The number of nitrogens with zero attached hydrogens (tertiary/aromatic N) is 2. The summed E-state index contributed by atoms with van der Waals surface area (Å²) in [5, 5.41) is 11.4. The van der Waals surface area contributed by atoms with Gasteiger partial charge in [-0.2, -0.15) is 0 Å². The largest absolute Gasteiger partial charge is 0.302 e. The quantitative estimate of drug-likeness (QED) is 0.626. The van der Waals surface area contributed by atoms with E-state index in [1.807, 2.05) is 31.2 Å². The van der Waals surface area contributed by atoms with Crippen molar-refractivity contribution < 1.29 is 4.92 Å². The van der Waals surface area contributed by atoms with Crippen LogP contribution in [0.2, 0.25) is 0 Å². The van der Waals surface area contributed by atoms with Gasteiger partial charge in [0.2, 0.25) is 0 Å². The normalized spacial score (nSPS) is 10.3. The number of benzene rings is 1. The third kappa shape index (κ3) is 2.88. The molecule has 0 atom stereocenters. The molecule has 0 aliphatic heterocycles. The summed E-state index contributed by atoms with van der Waals surface area (Å²) in [6.07, 6.45) is 1.56. The summed E-state index contributed by atoms with van der Waals surface area (Å²) < 4.78 is 0.600. The number of nitro groups is 1. The zero-order valence-corrected chi connectivity index (χ0v) is 11.9. The van der Waals surface area contributed by atoms with Crippen molar-refractivity contribution in [1.29, 1.82) is 0 Å². The Morgan fingerprint density at radius 3 is 2.78 bits per heavy atom. The molecule has 18 heavy (non-hydrogen) atoms. The Balaban J connectivity index is 2.41. The first-order valence-electron chi connectivity index (χ1n) is 5.11. The maximum absolute atomic E-state index is 11.0. The molecule has 0 unspecified atom stereocenters. The van der Waals surface area contributed by atoms with E-state index in [1.54, 1.807) is 6.20 Å². The Labute approximate surface area is 117 Å². The highest BCUT2D eigenvalue weighted by Crippen LogP contribution is 2.35. The van der Waals surface area contributed by atoms with Crippen LogP contribution < -0.4 is 0 Å². The third-order valence-corrected chi connectivity index (χ3v) is 3.92. The molecule has 6 heteroatoms. The van der Waals surface area contributed by atoms with Crippen molar-refractivity contribution in [3.8, 4) is 0 Å². The van der Waals surface area contributed by atoms with Crippen LogP contribution in [0.4, 0.5) is 5.69 Å². The molecule has 1 aromatic heterocycles. The Kier molecular flexibility index (Phi) is 3.98. The van der Waals surface area contributed by atoms with Crippen LogP contribution >= 0.6 is 27.7 Å². The van der Waals surface area contributed by atoms with Crippen LogP contribution in [0.3, 0.4) is 0 Å². The van der Waals surface area contributed by atoms with Gasteiger partial charge >= 0.3 is 5.69 Å². The van der Waals surface area contributed by atoms with Crippen molar-refractivity contribution in [2.75, 3.05) is 0 Å². The molecule has 1 aromatic carbocycles. The first-order valence-corrected chi connectivity index (χ1v) is 6.72. The topological polar surface area (TPSA) is 56.0 Å². The molecule has 2 rings (SSSR count). The Morgan fingerprint density at radius 2 is 2.11 bits per heavy atom. The van der Waals surface area contributed by atoms with Gasteiger partial charge in [-0.1, -0.05) is 30.0 Å². The van der Waals surface area contributed by atoms with Gasteiger partial charge in [0.1, 0.15) is 0 Å². The number of aryl methyl sites for hydroxylation is 1. The molecular weight excluding hydrogens is 316 g/mol. The molecule has 4 nitrogen and oxygen atoms in total. The van der Waals surface area contributed by atoms with Gasteiger partial charge in [-0.25, -0.2) is 4.98 Å². The average Bonchev–Trinajstić information content (AvgIpc) is 2.34. The van der Waals surface area contributed by atoms with Crippen LogP contribution in [-0.2, 0) is 0 Å². The summed E-state index contributed by atoms with van der Waals surface area (Å²) in [4.78, 5) is 15.6. The van der Waals surface area contributed by atoms with Gasteiger partial charge in [0.15, 0.2) is 5.03 Å². The zero-order valence-electron chi connectivity index (χ0n) is 9.46. The average molecular weight is 325 g/mol. The van der Waals surface area contributed by atoms with Gasteiger partial charge in [0, 0.05) is 21.6 Å². The lowest BCUT2D eigenvalue weighted by Crippen LogP contribution is -1.93. The number of aromatic nitrogens is 1. The predicted octanol–water partition coefficient (Wildman–Crippen LogP) is 4.21. The standard InChI is InChI=1S/C12H9BrN2O2S/c1-8-4-2-3-5-11(8)18-12-10(15(16)17)6-9(13)7-14-12/h2-7H,1H3. The van der Waals surface area contributed by atoms with E-state index in [0.717, 1.165) is 10.5 Å². The van der Waals surface area contributed by atoms with E-state index < -0.39 is 4.92 Å². The fourth-order valence-electron chi connectivity index (χ4n) is 1.40. The highest BCUT2D eigenvalue weighted by atomic mass is 79.9. The second-order valence-electron chi connectivity index (χ2n) is 3.60. The van der Waals surface area contributed by atoms with Crippen LogP contribution in [0, 0.1) is 17.0 Å². The number of hydrogen-bond acceptors (Lipinski definition) is 4. The van der Waals surface area contributed by atoms with Gasteiger partial charge in [0.05, 0.1) is 4.92 Å². The Hall–Kier alpha value is -1.40. The van der Waals surface area contributed by atoms with E-state index in [-0.39, 0.29) is 5.69 Å². The van der Waals surface area contributed by atoms with Crippen molar-refractivity contribution in [1.82, 2.24) is 4.98 Å². The van der Waals surface area contributed by atoms with Gasteiger partial charge in [-0.05, 0) is 34.5 Å². The molecule has 0 aliphatic carbocycles. The lowest BCUT2D eigenvalue weighted by atomic mass is 10.2. The number of hydrogen-bond donors (Lipinski definition) is 0. The molecule has 0 amide bonds. The molecule has 0 bridgehead atoms. The summed E-state index contributed by atoms with van der Waals surface area (Å²) in [6, 6.07) is 9.19. The molecule has 2 aromatic rings. The maximum Gasteiger partial charge on any atom is 0.302 e. The fourth-order valence-corrected chi connectivity index (χ4v) is 2.65. The number of halogens is 1. The van der Waals surface area contributed by atoms with Crippen molar-refractivity contribution in [3.63, 3.8) is 0 Å².